The van der Waals surface area contributed by atoms with E-state index < -0.39 is 18.4 Å². The number of piperidine rings is 1. The quantitative estimate of drug-likeness (QED) is 0.658. The molecule has 1 amide bonds. The van der Waals surface area contributed by atoms with Crippen molar-refractivity contribution in [3.05, 3.63) is 0 Å². The molecule has 1 aliphatic rings. The van der Waals surface area contributed by atoms with E-state index in [1.807, 2.05) is 0 Å². The Labute approximate surface area is 75.3 Å². The molecule has 1 aliphatic heterocycles. The fraction of sp³-hybridized carbons (Fsp3) is 0.875. The van der Waals surface area contributed by atoms with Crippen molar-refractivity contribution < 1.29 is 18.7 Å². The van der Waals surface area contributed by atoms with E-state index >= 15 is 0 Å². The molecule has 0 aromatic carbocycles. The third-order valence-corrected chi connectivity index (χ3v) is 2.36. The summed E-state index contributed by atoms with van der Waals surface area (Å²) in [6.45, 7) is 2.20. The number of aliphatic hydroxyl groups is 1. The van der Waals surface area contributed by atoms with Crippen LogP contribution < -0.4 is 0 Å². The second-order valence-electron chi connectivity index (χ2n) is 3.42. The predicted molar refractivity (Wildman–Crippen MR) is 42.4 cm³/mol. The van der Waals surface area contributed by atoms with Crippen molar-refractivity contribution in [1.82, 2.24) is 4.90 Å². The Morgan fingerprint density at radius 3 is 2.69 bits per heavy atom. The van der Waals surface area contributed by atoms with E-state index in [2.05, 4.69) is 0 Å². The average molecular weight is 193 g/mol. The number of alkyl halides is 2. The summed E-state index contributed by atoms with van der Waals surface area (Å²) in [5.41, 5.74) is 0. The van der Waals surface area contributed by atoms with Crippen molar-refractivity contribution in [3.8, 4) is 0 Å². The molecule has 5 heteroatoms. The number of aliphatic hydroxyl groups excluding tert-OH is 1. The average Bonchev–Trinajstić information content (AvgIpc) is 2.08. The minimum absolute atomic E-state index is 0.114. The zero-order valence-corrected chi connectivity index (χ0v) is 7.41. The molecule has 2 unspecified atom stereocenters. The number of rotatable bonds is 1. The van der Waals surface area contributed by atoms with E-state index in [0.29, 0.717) is 6.42 Å². The predicted octanol–water partition coefficient (Wildman–Crippen LogP) is 0.481. The highest BCUT2D eigenvalue weighted by atomic mass is 19.3. The molecule has 2 atom stereocenters. The van der Waals surface area contributed by atoms with Crippen LogP contribution in [0.1, 0.15) is 13.3 Å². The summed E-state index contributed by atoms with van der Waals surface area (Å²) < 4.78 is 24.0. The highest BCUT2D eigenvalue weighted by Crippen LogP contribution is 2.17. The molecular weight excluding hydrogens is 180 g/mol. The summed E-state index contributed by atoms with van der Waals surface area (Å²) in [7, 11) is 0. The molecule has 1 rings (SSSR count). The van der Waals surface area contributed by atoms with Gasteiger partial charge < -0.3 is 10.0 Å². The van der Waals surface area contributed by atoms with Gasteiger partial charge in [0.25, 0.3) is 5.91 Å². The molecule has 1 heterocycles. The largest absolute Gasteiger partial charge is 0.393 e. The maximum atomic E-state index is 12.0. The van der Waals surface area contributed by atoms with Crippen molar-refractivity contribution in [1.29, 1.82) is 0 Å². The van der Waals surface area contributed by atoms with Crippen molar-refractivity contribution in [2.75, 3.05) is 13.1 Å². The smallest absolute Gasteiger partial charge is 0.315 e. The third-order valence-electron chi connectivity index (χ3n) is 2.36. The van der Waals surface area contributed by atoms with Gasteiger partial charge in [0, 0.05) is 13.1 Å². The number of nitrogens with zero attached hydrogens (tertiary/aromatic N) is 1. The Bertz CT molecular complexity index is 199. The molecule has 3 nitrogen and oxygen atoms in total. The first-order valence-corrected chi connectivity index (χ1v) is 4.27. The Kier molecular flexibility index (Phi) is 3.19. The van der Waals surface area contributed by atoms with Gasteiger partial charge in [0.15, 0.2) is 0 Å². The van der Waals surface area contributed by atoms with Gasteiger partial charge >= 0.3 is 6.43 Å². The number of carbonyl (C=O) groups excluding carboxylic acids is 1. The summed E-state index contributed by atoms with van der Waals surface area (Å²) in [5, 5.41) is 9.29. The van der Waals surface area contributed by atoms with Crippen LogP contribution in [-0.2, 0) is 4.79 Å². The van der Waals surface area contributed by atoms with Crippen LogP contribution >= 0.6 is 0 Å². The van der Waals surface area contributed by atoms with E-state index in [9.17, 15) is 18.7 Å². The van der Waals surface area contributed by atoms with Crippen LogP contribution in [0.25, 0.3) is 0 Å². The van der Waals surface area contributed by atoms with Crippen molar-refractivity contribution in [3.63, 3.8) is 0 Å². The molecule has 1 fully saturated rings. The maximum absolute atomic E-state index is 12.0. The standard InChI is InChI=1S/C8H13F2NO2/c1-5-4-11(3-2-6(5)12)8(13)7(9)10/h5-7,12H,2-4H2,1H3. The van der Waals surface area contributed by atoms with Gasteiger partial charge in [-0.3, -0.25) is 4.79 Å². The molecule has 0 aromatic rings. The second-order valence-corrected chi connectivity index (χ2v) is 3.42. The Hall–Kier alpha value is -0.710. The number of amides is 1. The minimum atomic E-state index is -2.93. The van der Waals surface area contributed by atoms with Gasteiger partial charge in [-0.05, 0) is 12.3 Å². The van der Waals surface area contributed by atoms with Crippen LogP contribution in [0.15, 0.2) is 0 Å². The van der Waals surface area contributed by atoms with Gasteiger partial charge in [0.2, 0.25) is 0 Å². The molecule has 0 bridgehead atoms. The van der Waals surface area contributed by atoms with Gasteiger partial charge in [-0.25, -0.2) is 0 Å². The molecule has 0 aromatic heterocycles. The fourth-order valence-electron chi connectivity index (χ4n) is 1.47. The zero-order valence-electron chi connectivity index (χ0n) is 7.41. The summed E-state index contributed by atoms with van der Waals surface area (Å²) in [4.78, 5) is 12.0. The number of hydrogen-bond donors (Lipinski definition) is 1. The van der Waals surface area contributed by atoms with Crippen molar-refractivity contribution in [2.45, 2.75) is 25.9 Å². The SMILES string of the molecule is CC1CN(C(=O)C(F)F)CCC1O. The number of halogens is 2. The Morgan fingerprint density at radius 2 is 2.23 bits per heavy atom. The molecule has 76 valence electrons. The van der Waals surface area contributed by atoms with Crippen molar-refractivity contribution >= 4 is 5.91 Å². The Morgan fingerprint density at radius 1 is 1.62 bits per heavy atom. The molecule has 13 heavy (non-hydrogen) atoms. The van der Waals surface area contributed by atoms with Crippen LogP contribution in [-0.4, -0.2) is 41.5 Å². The van der Waals surface area contributed by atoms with Gasteiger partial charge in [-0.1, -0.05) is 6.92 Å². The fourth-order valence-corrected chi connectivity index (χ4v) is 1.47. The molecule has 0 aliphatic carbocycles. The van der Waals surface area contributed by atoms with Crippen LogP contribution in [0.3, 0.4) is 0 Å². The van der Waals surface area contributed by atoms with Crippen LogP contribution in [0.5, 0.6) is 0 Å². The number of carbonyl (C=O) groups is 1. The van der Waals surface area contributed by atoms with E-state index in [-0.39, 0.29) is 19.0 Å². The van der Waals surface area contributed by atoms with Crippen LogP contribution in [0.4, 0.5) is 8.78 Å². The monoisotopic (exact) mass is 193 g/mol. The van der Waals surface area contributed by atoms with Gasteiger partial charge in [-0.15, -0.1) is 0 Å². The number of hydrogen-bond acceptors (Lipinski definition) is 2. The lowest BCUT2D eigenvalue weighted by molar-refractivity contribution is -0.146. The highest BCUT2D eigenvalue weighted by molar-refractivity contribution is 5.79. The van der Waals surface area contributed by atoms with Crippen LogP contribution in [0.2, 0.25) is 0 Å². The first-order valence-electron chi connectivity index (χ1n) is 4.27. The van der Waals surface area contributed by atoms with E-state index in [4.69, 9.17) is 0 Å². The molecule has 0 spiro atoms. The highest BCUT2D eigenvalue weighted by Gasteiger charge is 2.30. The number of likely N-dealkylation sites (tertiary alicyclic amines) is 1. The normalized spacial score (nSPS) is 29.5. The lowest BCUT2D eigenvalue weighted by Crippen LogP contribution is -2.47. The first-order chi connectivity index (χ1) is 6.02. The minimum Gasteiger partial charge on any atom is -0.393 e. The molecular formula is C8H13F2NO2. The molecule has 0 saturated carbocycles. The Balaban J connectivity index is 2.50. The molecule has 0 radical (unpaired) electrons. The summed E-state index contributed by atoms with van der Waals surface area (Å²) in [5.74, 6) is -1.24. The van der Waals surface area contributed by atoms with Crippen LogP contribution in [0, 0.1) is 5.92 Å². The lowest BCUT2D eigenvalue weighted by Gasteiger charge is -2.34. The van der Waals surface area contributed by atoms with E-state index in [1.165, 1.54) is 0 Å². The topological polar surface area (TPSA) is 40.5 Å². The maximum Gasteiger partial charge on any atom is 0.315 e. The summed E-state index contributed by atoms with van der Waals surface area (Å²) in [6, 6.07) is 0. The van der Waals surface area contributed by atoms with E-state index in [1.54, 1.807) is 6.92 Å². The molecule has 1 N–H and O–H groups in total. The lowest BCUT2D eigenvalue weighted by atomic mass is 9.97. The van der Waals surface area contributed by atoms with Crippen molar-refractivity contribution in [2.24, 2.45) is 5.92 Å². The van der Waals surface area contributed by atoms with Gasteiger partial charge in [0.05, 0.1) is 6.10 Å². The summed E-state index contributed by atoms with van der Waals surface area (Å²) >= 11 is 0. The van der Waals surface area contributed by atoms with E-state index in [0.717, 1.165) is 4.90 Å². The second kappa shape index (κ2) is 4.00. The van der Waals surface area contributed by atoms with Gasteiger partial charge in [0.1, 0.15) is 0 Å². The molecule has 1 saturated heterocycles. The van der Waals surface area contributed by atoms with Gasteiger partial charge in [-0.2, -0.15) is 8.78 Å². The first kappa shape index (κ1) is 10.4. The zero-order chi connectivity index (χ0) is 10.0. The third kappa shape index (κ3) is 2.37. The summed E-state index contributed by atoms with van der Waals surface area (Å²) in [6.07, 6.45) is -3.01.